The molecule has 120 valence electrons. The van der Waals surface area contributed by atoms with Gasteiger partial charge in [-0.3, -0.25) is 4.90 Å². The van der Waals surface area contributed by atoms with Gasteiger partial charge in [-0.15, -0.1) is 23.7 Å². The van der Waals surface area contributed by atoms with E-state index >= 15 is 0 Å². The summed E-state index contributed by atoms with van der Waals surface area (Å²) >= 11 is 1.63. The van der Waals surface area contributed by atoms with Crippen LogP contribution in [0.15, 0.2) is 29.6 Å². The van der Waals surface area contributed by atoms with Gasteiger partial charge in [0, 0.05) is 30.1 Å². The molecule has 1 N–H and O–H groups in total. The van der Waals surface area contributed by atoms with Gasteiger partial charge in [0.1, 0.15) is 10.8 Å². The van der Waals surface area contributed by atoms with Crippen LogP contribution in [0.3, 0.4) is 0 Å². The van der Waals surface area contributed by atoms with Gasteiger partial charge in [-0.1, -0.05) is 0 Å². The van der Waals surface area contributed by atoms with Gasteiger partial charge in [0.2, 0.25) is 0 Å². The Balaban J connectivity index is 0.00000176. The maximum atomic E-state index is 13.0. The molecule has 6 heteroatoms. The second-order valence-corrected chi connectivity index (χ2v) is 6.37. The monoisotopic (exact) mass is 341 g/mol. The van der Waals surface area contributed by atoms with E-state index < -0.39 is 0 Å². The second-order valence-electron chi connectivity index (χ2n) is 5.51. The van der Waals surface area contributed by atoms with Crippen LogP contribution in [0.2, 0.25) is 0 Å². The third kappa shape index (κ3) is 4.26. The lowest BCUT2D eigenvalue weighted by atomic mass is 10.1. The number of hydrogen-bond acceptors (Lipinski definition) is 4. The number of nitrogens with zero attached hydrogens (tertiary/aromatic N) is 2. The lowest BCUT2D eigenvalue weighted by molar-refractivity contribution is 0.186. The van der Waals surface area contributed by atoms with Crippen molar-refractivity contribution < 1.29 is 4.39 Å². The zero-order valence-corrected chi connectivity index (χ0v) is 14.2. The van der Waals surface area contributed by atoms with Crippen LogP contribution in [0.4, 0.5) is 4.39 Å². The number of benzene rings is 1. The highest BCUT2D eigenvalue weighted by atomic mass is 35.5. The third-order valence-corrected chi connectivity index (χ3v) is 4.88. The summed E-state index contributed by atoms with van der Waals surface area (Å²) in [4.78, 5) is 7.14. The van der Waals surface area contributed by atoms with Gasteiger partial charge in [0.15, 0.2) is 0 Å². The second kappa shape index (κ2) is 8.02. The highest BCUT2D eigenvalue weighted by molar-refractivity contribution is 7.13. The van der Waals surface area contributed by atoms with Gasteiger partial charge in [-0.05, 0) is 50.7 Å². The van der Waals surface area contributed by atoms with E-state index in [1.807, 2.05) is 7.05 Å². The first-order chi connectivity index (χ1) is 10.2. The molecule has 0 saturated carbocycles. The van der Waals surface area contributed by atoms with E-state index in [0.29, 0.717) is 6.04 Å². The molecule has 2 aromatic rings. The molecule has 1 aliphatic heterocycles. The van der Waals surface area contributed by atoms with E-state index in [1.54, 1.807) is 23.5 Å². The lowest BCUT2D eigenvalue weighted by Gasteiger charge is -2.31. The summed E-state index contributed by atoms with van der Waals surface area (Å²) in [5.41, 5.74) is 2.09. The Bertz CT molecular complexity index is 587. The fourth-order valence-electron chi connectivity index (χ4n) is 2.77. The summed E-state index contributed by atoms with van der Waals surface area (Å²) < 4.78 is 13.0. The molecule has 22 heavy (non-hydrogen) atoms. The first-order valence-corrected chi connectivity index (χ1v) is 8.22. The Morgan fingerprint density at radius 1 is 1.36 bits per heavy atom. The first kappa shape index (κ1) is 17.3. The van der Waals surface area contributed by atoms with Crippen LogP contribution in [-0.2, 0) is 6.54 Å². The van der Waals surface area contributed by atoms with E-state index in [9.17, 15) is 4.39 Å². The Hall–Kier alpha value is -1.01. The Labute approximate surface area is 141 Å². The molecule has 1 aliphatic rings. The molecule has 2 heterocycles. The van der Waals surface area contributed by atoms with Crippen LogP contribution < -0.4 is 5.32 Å². The third-order valence-electron chi connectivity index (χ3n) is 3.94. The topological polar surface area (TPSA) is 28.2 Å². The molecular weight excluding hydrogens is 321 g/mol. The van der Waals surface area contributed by atoms with Crippen LogP contribution >= 0.6 is 23.7 Å². The summed E-state index contributed by atoms with van der Waals surface area (Å²) in [6.07, 6.45) is 2.49. The van der Waals surface area contributed by atoms with Crippen molar-refractivity contribution in [3.63, 3.8) is 0 Å². The molecule has 1 aromatic carbocycles. The van der Waals surface area contributed by atoms with Crippen LogP contribution in [0.5, 0.6) is 0 Å². The number of hydrogen-bond donors (Lipinski definition) is 1. The van der Waals surface area contributed by atoms with Gasteiger partial charge in [0.25, 0.3) is 0 Å². The molecule has 1 atom stereocenters. The zero-order valence-electron chi connectivity index (χ0n) is 12.6. The molecule has 3 nitrogen and oxygen atoms in total. The van der Waals surface area contributed by atoms with Crippen molar-refractivity contribution in [2.45, 2.75) is 25.4 Å². The average Bonchev–Trinajstić information content (AvgIpc) is 2.96. The number of likely N-dealkylation sites (tertiary alicyclic amines) is 1. The number of halogens is 2. The van der Waals surface area contributed by atoms with Gasteiger partial charge in [-0.2, -0.15) is 0 Å². The van der Waals surface area contributed by atoms with E-state index in [2.05, 4.69) is 20.6 Å². The normalized spacial score (nSPS) is 18.9. The van der Waals surface area contributed by atoms with Crippen molar-refractivity contribution in [2.24, 2.45) is 0 Å². The summed E-state index contributed by atoms with van der Waals surface area (Å²) in [7, 11) is 2.03. The number of piperidine rings is 1. The van der Waals surface area contributed by atoms with Crippen molar-refractivity contribution in [3.05, 3.63) is 41.2 Å². The van der Waals surface area contributed by atoms with Crippen molar-refractivity contribution >= 4 is 23.7 Å². The number of thiazole rings is 1. The fourth-order valence-corrected chi connectivity index (χ4v) is 3.59. The minimum atomic E-state index is -0.207. The molecule has 0 bridgehead atoms. The first-order valence-electron chi connectivity index (χ1n) is 7.34. The predicted molar refractivity (Wildman–Crippen MR) is 92.1 cm³/mol. The Morgan fingerprint density at radius 2 is 2.14 bits per heavy atom. The predicted octanol–water partition coefficient (Wildman–Crippen LogP) is 3.55. The Kier molecular flexibility index (Phi) is 6.32. The molecule has 0 aliphatic carbocycles. The van der Waals surface area contributed by atoms with Crippen LogP contribution in [0.25, 0.3) is 10.6 Å². The molecule has 0 radical (unpaired) electrons. The molecule has 1 aromatic heterocycles. The standard InChI is InChI=1S/C16H20FN3S.ClH/c1-18-14-3-2-8-20(9-14)10-15-11-21-16(19-15)12-4-6-13(17)7-5-12;/h4-7,11,14,18H,2-3,8-10H2,1H3;1H. The molecule has 1 fully saturated rings. The van der Waals surface area contributed by atoms with Crippen molar-refractivity contribution in [3.8, 4) is 10.6 Å². The highest BCUT2D eigenvalue weighted by Crippen LogP contribution is 2.25. The number of rotatable bonds is 4. The Morgan fingerprint density at radius 3 is 2.86 bits per heavy atom. The van der Waals surface area contributed by atoms with Crippen LogP contribution in [0.1, 0.15) is 18.5 Å². The number of nitrogens with one attached hydrogen (secondary N) is 1. The molecule has 3 rings (SSSR count). The van der Waals surface area contributed by atoms with Gasteiger partial charge in [-0.25, -0.2) is 9.37 Å². The quantitative estimate of drug-likeness (QED) is 0.921. The van der Waals surface area contributed by atoms with Gasteiger partial charge in [0.05, 0.1) is 5.69 Å². The van der Waals surface area contributed by atoms with E-state index in [1.165, 1.54) is 25.0 Å². The van der Waals surface area contributed by atoms with Crippen molar-refractivity contribution in [2.75, 3.05) is 20.1 Å². The zero-order chi connectivity index (χ0) is 14.7. The summed E-state index contributed by atoms with van der Waals surface area (Å²) in [6, 6.07) is 7.14. The largest absolute Gasteiger partial charge is 0.316 e. The summed E-state index contributed by atoms with van der Waals surface area (Å²) in [5, 5.41) is 6.44. The van der Waals surface area contributed by atoms with Gasteiger partial charge >= 0.3 is 0 Å². The fraction of sp³-hybridized carbons (Fsp3) is 0.438. The molecule has 0 amide bonds. The van der Waals surface area contributed by atoms with Crippen LogP contribution in [-0.4, -0.2) is 36.1 Å². The highest BCUT2D eigenvalue weighted by Gasteiger charge is 2.19. The minimum Gasteiger partial charge on any atom is -0.316 e. The number of likely N-dealkylation sites (N-methyl/N-ethyl adjacent to an activating group) is 1. The minimum absolute atomic E-state index is 0. The van der Waals surface area contributed by atoms with E-state index in [-0.39, 0.29) is 18.2 Å². The smallest absolute Gasteiger partial charge is 0.123 e. The maximum absolute atomic E-state index is 13.0. The average molecular weight is 342 g/mol. The van der Waals surface area contributed by atoms with Crippen molar-refractivity contribution in [1.82, 2.24) is 15.2 Å². The molecular formula is C16H21ClFN3S. The van der Waals surface area contributed by atoms with Gasteiger partial charge < -0.3 is 5.32 Å². The molecule has 1 saturated heterocycles. The van der Waals surface area contributed by atoms with E-state index in [4.69, 9.17) is 0 Å². The SMILES string of the molecule is CNC1CCCN(Cc2csc(-c3ccc(F)cc3)n2)C1.Cl. The molecule has 0 spiro atoms. The summed E-state index contributed by atoms with van der Waals surface area (Å²) in [5.74, 6) is -0.207. The molecule has 1 unspecified atom stereocenters. The maximum Gasteiger partial charge on any atom is 0.123 e. The lowest BCUT2D eigenvalue weighted by Crippen LogP contribution is -2.43. The van der Waals surface area contributed by atoms with Crippen molar-refractivity contribution in [1.29, 1.82) is 0 Å². The number of aromatic nitrogens is 1. The summed E-state index contributed by atoms with van der Waals surface area (Å²) in [6.45, 7) is 3.12. The van der Waals surface area contributed by atoms with E-state index in [0.717, 1.165) is 35.9 Å². The van der Waals surface area contributed by atoms with Crippen LogP contribution in [0, 0.1) is 5.82 Å².